The number of benzene rings is 1. The number of carbonyl (C=O) groups excluding carboxylic acids is 1. The van der Waals surface area contributed by atoms with Crippen molar-refractivity contribution in [1.29, 1.82) is 0 Å². The molecule has 6 nitrogen and oxygen atoms in total. The van der Waals surface area contributed by atoms with Crippen molar-refractivity contribution in [3.63, 3.8) is 0 Å². The van der Waals surface area contributed by atoms with E-state index in [0.29, 0.717) is 28.2 Å². The number of anilines is 1. The summed E-state index contributed by atoms with van der Waals surface area (Å²) in [4.78, 5) is 23.9. The Morgan fingerprint density at radius 3 is 2.93 bits per heavy atom. The summed E-state index contributed by atoms with van der Waals surface area (Å²) in [5, 5.41) is 7.47. The molecule has 0 fully saturated rings. The molecule has 2 heterocycles. The molecule has 1 aromatic carbocycles. The van der Waals surface area contributed by atoms with E-state index in [4.69, 9.17) is 4.52 Å². The molecule has 1 amide bonds. The Hall–Kier alpha value is -2.19. The summed E-state index contributed by atoms with van der Waals surface area (Å²) in [5.74, 6) is 1.55. The van der Waals surface area contributed by atoms with Crippen LogP contribution in [0.1, 0.15) is 51.9 Å². The summed E-state index contributed by atoms with van der Waals surface area (Å²) in [6.07, 6.45) is 5.72. The molecular formula is C19H20N4O2S2. The fraction of sp³-hybridized carbons (Fsp3) is 0.368. The summed E-state index contributed by atoms with van der Waals surface area (Å²) in [6.45, 7) is 1.79. The smallest absolute Gasteiger partial charge is 0.258 e. The molecule has 0 saturated heterocycles. The van der Waals surface area contributed by atoms with Crippen molar-refractivity contribution >= 4 is 34.1 Å². The second kappa shape index (κ2) is 8.22. The number of fused-ring (bicyclic) bond motifs is 1. The van der Waals surface area contributed by atoms with Crippen molar-refractivity contribution in [2.75, 3.05) is 5.32 Å². The number of nitrogens with zero attached hydrogens (tertiary/aromatic N) is 3. The second-order valence-electron chi connectivity index (χ2n) is 6.42. The van der Waals surface area contributed by atoms with Crippen LogP contribution in [0.4, 0.5) is 5.13 Å². The molecule has 1 aliphatic carbocycles. The molecule has 8 heteroatoms. The number of hydrogen-bond acceptors (Lipinski definition) is 7. The van der Waals surface area contributed by atoms with Crippen molar-refractivity contribution in [2.45, 2.75) is 49.7 Å². The van der Waals surface area contributed by atoms with Gasteiger partial charge in [-0.3, -0.25) is 10.1 Å². The van der Waals surface area contributed by atoms with Gasteiger partial charge in [-0.1, -0.05) is 23.7 Å². The third-order valence-electron chi connectivity index (χ3n) is 4.37. The minimum Gasteiger partial charge on any atom is -0.338 e. The van der Waals surface area contributed by atoms with Gasteiger partial charge >= 0.3 is 0 Å². The summed E-state index contributed by atoms with van der Waals surface area (Å²) in [6, 6.07) is 7.55. The first kappa shape index (κ1) is 18.2. The Morgan fingerprint density at radius 1 is 1.22 bits per heavy atom. The highest BCUT2D eigenvalue weighted by Crippen LogP contribution is 2.30. The zero-order valence-corrected chi connectivity index (χ0v) is 16.7. The first-order chi connectivity index (χ1) is 13.2. The Labute approximate surface area is 165 Å². The molecule has 2 aromatic heterocycles. The van der Waals surface area contributed by atoms with Gasteiger partial charge < -0.3 is 4.52 Å². The van der Waals surface area contributed by atoms with Crippen LogP contribution in [-0.4, -0.2) is 21.0 Å². The van der Waals surface area contributed by atoms with Crippen LogP contribution in [0, 0.1) is 6.92 Å². The molecule has 0 spiro atoms. The molecule has 27 heavy (non-hydrogen) atoms. The molecule has 3 aromatic rings. The third kappa shape index (κ3) is 4.39. The maximum Gasteiger partial charge on any atom is 0.258 e. The fourth-order valence-corrected chi connectivity index (χ4v) is 5.00. The van der Waals surface area contributed by atoms with Crippen molar-refractivity contribution in [2.24, 2.45) is 0 Å². The van der Waals surface area contributed by atoms with E-state index in [0.717, 1.165) is 23.4 Å². The quantitative estimate of drug-likeness (QED) is 0.496. The van der Waals surface area contributed by atoms with Gasteiger partial charge in [0, 0.05) is 9.77 Å². The predicted octanol–water partition coefficient (Wildman–Crippen LogP) is 4.65. The van der Waals surface area contributed by atoms with Gasteiger partial charge in [-0.25, -0.2) is 4.98 Å². The number of amides is 1. The zero-order chi connectivity index (χ0) is 18.6. The Kier molecular flexibility index (Phi) is 5.54. The van der Waals surface area contributed by atoms with Crippen LogP contribution in [0.2, 0.25) is 0 Å². The normalized spacial score (nSPS) is 13.8. The van der Waals surface area contributed by atoms with Crippen LogP contribution in [0.5, 0.6) is 0 Å². The molecule has 0 unspecified atom stereocenters. The van der Waals surface area contributed by atoms with E-state index in [-0.39, 0.29) is 5.91 Å². The Bertz CT molecular complexity index is 927. The standard InChI is InChI=1S/C19H20N4O2S2/c1-12-20-17(25-23-12)11-26-15-9-6-5-7-13(15)18(24)22-19-21-14-8-3-2-4-10-16(14)27-19/h5-7,9H,2-4,8,10-11H2,1H3,(H,21,22,24). The first-order valence-electron chi connectivity index (χ1n) is 9.00. The maximum absolute atomic E-state index is 12.8. The minimum atomic E-state index is -0.135. The molecule has 4 rings (SSSR count). The minimum absolute atomic E-state index is 0.135. The summed E-state index contributed by atoms with van der Waals surface area (Å²) >= 11 is 3.12. The van der Waals surface area contributed by atoms with Crippen LogP contribution in [0.3, 0.4) is 0 Å². The van der Waals surface area contributed by atoms with Crippen molar-refractivity contribution in [1.82, 2.24) is 15.1 Å². The number of hydrogen-bond donors (Lipinski definition) is 1. The number of carbonyl (C=O) groups is 1. The van der Waals surface area contributed by atoms with E-state index in [1.807, 2.05) is 24.3 Å². The van der Waals surface area contributed by atoms with E-state index >= 15 is 0 Å². The van der Waals surface area contributed by atoms with Crippen LogP contribution in [0.15, 0.2) is 33.7 Å². The largest absolute Gasteiger partial charge is 0.338 e. The highest BCUT2D eigenvalue weighted by molar-refractivity contribution is 7.98. The number of thiazole rings is 1. The third-order valence-corrected chi connectivity index (χ3v) is 6.50. The lowest BCUT2D eigenvalue weighted by Gasteiger charge is -2.07. The zero-order valence-electron chi connectivity index (χ0n) is 15.0. The number of nitrogens with one attached hydrogen (secondary N) is 1. The van der Waals surface area contributed by atoms with Crippen LogP contribution in [-0.2, 0) is 18.6 Å². The average Bonchev–Trinajstić information content (AvgIpc) is 3.19. The molecule has 0 bridgehead atoms. The number of thioether (sulfide) groups is 1. The van der Waals surface area contributed by atoms with Crippen molar-refractivity contribution in [3.05, 3.63) is 52.1 Å². The van der Waals surface area contributed by atoms with Crippen LogP contribution >= 0.6 is 23.1 Å². The van der Waals surface area contributed by atoms with E-state index in [9.17, 15) is 4.79 Å². The van der Waals surface area contributed by atoms with Gasteiger partial charge in [0.2, 0.25) is 5.89 Å². The SMILES string of the molecule is Cc1noc(CSc2ccccc2C(=O)Nc2nc3c(s2)CCCCC3)n1. The highest BCUT2D eigenvalue weighted by atomic mass is 32.2. The number of rotatable bonds is 5. The van der Waals surface area contributed by atoms with Gasteiger partial charge in [-0.05, 0) is 44.7 Å². The molecule has 1 N–H and O–H groups in total. The second-order valence-corrected chi connectivity index (χ2v) is 8.52. The first-order valence-corrected chi connectivity index (χ1v) is 10.8. The van der Waals surface area contributed by atoms with Crippen LogP contribution < -0.4 is 5.32 Å². The molecule has 0 atom stereocenters. The van der Waals surface area contributed by atoms with Gasteiger partial charge in [0.25, 0.3) is 5.91 Å². The predicted molar refractivity (Wildman–Crippen MR) is 106 cm³/mol. The summed E-state index contributed by atoms with van der Waals surface area (Å²) in [5.41, 5.74) is 1.78. The molecule has 0 radical (unpaired) electrons. The maximum atomic E-state index is 12.8. The van der Waals surface area contributed by atoms with Crippen LogP contribution in [0.25, 0.3) is 0 Å². The average molecular weight is 401 g/mol. The lowest BCUT2D eigenvalue weighted by atomic mass is 10.2. The van der Waals surface area contributed by atoms with E-state index in [2.05, 4.69) is 20.4 Å². The Morgan fingerprint density at radius 2 is 2.07 bits per heavy atom. The van der Waals surface area contributed by atoms with Gasteiger partial charge in [0.05, 0.1) is 17.0 Å². The lowest BCUT2D eigenvalue weighted by molar-refractivity contribution is 0.102. The van der Waals surface area contributed by atoms with Gasteiger partial charge in [-0.2, -0.15) is 4.98 Å². The lowest BCUT2D eigenvalue weighted by Crippen LogP contribution is -2.13. The van der Waals surface area contributed by atoms with Gasteiger partial charge in [0.1, 0.15) is 0 Å². The molecule has 0 aliphatic heterocycles. The topological polar surface area (TPSA) is 80.9 Å². The molecule has 1 aliphatic rings. The summed E-state index contributed by atoms with van der Waals surface area (Å²) in [7, 11) is 0. The summed E-state index contributed by atoms with van der Waals surface area (Å²) < 4.78 is 5.15. The fourth-order valence-electron chi connectivity index (χ4n) is 3.06. The molecular weight excluding hydrogens is 380 g/mol. The number of aromatic nitrogens is 3. The van der Waals surface area contributed by atoms with Gasteiger partial charge in [0.15, 0.2) is 11.0 Å². The van der Waals surface area contributed by atoms with E-state index in [1.165, 1.54) is 35.9 Å². The van der Waals surface area contributed by atoms with E-state index < -0.39 is 0 Å². The van der Waals surface area contributed by atoms with Crippen molar-refractivity contribution in [3.8, 4) is 0 Å². The van der Waals surface area contributed by atoms with Crippen molar-refractivity contribution < 1.29 is 9.32 Å². The van der Waals surface area contributed by atoms with E-state index in [1.54, 1.807) is 18.3 Å². The van der Waals surface area contributed by atoms with Gasteiger partial charge in [-0.15, -0.1) is 23.1 Å². The highest BCUT2D eigenvalue weighted by Gasteiger charge is 2.18. The monoisotopic (exact) mass is 400 g/mol. The Balaban J connectivity index is 1.47. The molecule has 0 saturated carbocycles. The molecule has 140 valence electrons. The number of aryl methyl sites for hydroxylation is 3.